The molecule has 0 spiro atoms. The van der Waals surface area contributed by atoms with E-state index in [0.29, 0.717) is 29.8 Å². The number of halogens is 1. The number of nitrogens with zero attached hydrogens (tertiary/aromatic N) is 1. The molecule has 1 heterocycles. The first-order valence-corrected chi connectivity index (χ1v) is 6.33. The highest BCUT2D eigenvalue weighted by Gasteiger charge is 2.03. The highest BCUT2D eigenvalue weighted by Crippen LogP contribution is 2.17. The van der Waals surface area contributed by atoms with Gasteiger partial charge in [0.15, 0.2) is 0 Å². The maximum absolute atomic E-state index is 5.91. The molecular formula is C14H15ClN2O2. The molecule has 0 atom stereocenters. The monoisotopic (exact) mass is 278 g/mol. The van der Waals surface area contributed by atoms with E-state index in [2.05, 4.69) is 4.98 Å². The quantitative estimate of drug-likeness (QED) is 0.826. The topological polar surface area (TPSA) is 57.4 Å². The van der Waals surface area contributed by atoms with Crippen LogP contribution in [0, 0.1) is 0 Å². The number of para-hydroxylation sites is 1. The summed E-state index contributed by atoms with van der Waals surface area (Å²) in [6, 6.07) is 13.0. The van der Waals surface area contributed by atoms with Gasteiger partial charge in [0, 0.05) is 12.6 Å². The molecule has 0 aliphatic heterocycles. The summed E-state index contributed by atoms with van der Waals surface area (Å²) in [6.45, 7) is 1.15. The fourth-order valence-electron chi connectivity index (χ4n) is 1.51. The predicted octanol–water partition coefficient (Wildman–Crippen LogP) is 2.65. The Hall–Kier alpha value is -1.78. The van der Waals surface area contributed by atoms with Gasteiger partial charge in [-0.1, -0.05) is 29.8 Å². The van der Waals surface area contributed by atoms with Gasteiger partial charge < -0.3 is 15.2 Å². The lowest BCUT2D eigenvalue weighted by atomic mass is 10.3. The van der Waals surface area contributed by atoms with Gasteiger partial charge >= 0.3 is 0 Å². The van der Waals surface area contributed by atoms with E-state index >= 15 is 0 Å². The van der Waals surface area contributed by atoms with Crippen molar-refractivity contribution in [3.05, 3.63) is 53.2 Å². The minimum atomic E-state index is 0.288. The molecule has 0 aliphatic carbocycles. The van der Waals surface area contributed by atoms with Crippen LogP contribution in [0.25, 0.3) is 0 Å². The third kappa shape index (κ3) is 4.12. The number of pyridine rings is 1. The molecular weight excluding hydrogens is 264 g/mol. The Morgan fingerprint density at radius 1 is 1.00 bits per heavy atom. The Balaban J connectivity index is 1.80. The van der Waals surface area contributed by atoms with E-state index in [-0.39, 0.29) is 6.54 Å². The fourth-order valence-corrected chi connectivity index (χ4v) is 1.69. The van der Waals surface area contributed by atoms with Crippen LogP contribution in [0.4, 0.5) is 0 Å². The Bertz CT molecular complexity index is 520. The van der Waals surface area contributed by atoms with E-state index in [1.807, 2.05) is 30.3 Å². The van der Waals surface area contributed by atoms with Gasteiger partial charge in [0.25, 0.3) is 0 Å². The van der Waals surface area contributed by atoms with Gasteiger partial charge in [-0.15, -0.1) is 0 Å². The molecule has 2 rings (SSSR count). The summed E-state index contributed by atoms with van der Waals surface area (Å²) in [5, 5.41) is 0.551. The second-order valence-electron chi connectivity index (χ2n) is 3.79. The first-order chi connectivity index (χ1) is 9.29. The van der Waals surface area contributed by atoms with Crippen LogP contribution in [-0.4, -0.2) is 18.2 Å². The van der Waals surface area contributed by atoms with Gasteiger partial charge in [0.05, 0.1) is 10.7 Å². The number of benzene rings is 1. The maximum Gasteiger partial charge on any atom is 0.213 e. The van der Waals surface area contributed by atoms with Crippen LogP contribution in [-0.2, 0) is 6.54 Å². The van der Waals surface area contributed by atoms with Gasteiger partial charge in [-0.2, -0.15) is 0 Å². The lowest BCUT2D eigenvalue weighted by Gasteiger charge is -2.09. The molecule has 0 bridgehead atoms. The fraction of sp³-hybridized carbons (Fsp3) is 0.214. The smallest absolute Gasteiger partial charge is 0.213 e. The van der Waals surface area contributed by atoms with Crippen LogP contribution in [0.15, 0.2) is 42.5 Å². The minimum absolute atomic E-state index is 0.288. The van der Waals surface area contributed by atoms with Crippen molar-refractivity contribution in [1.82, 2.24) is 4.98 Å². The highest BCUT2D eigenvalue weighted by molar-refractivity contribution is 6.31. The molecule has 19 heavy (non-hydrogen) atoms. The number of rotatable bonds is 6. The maximum atomic E-state index is 5.91. The molecule has 1 aromatic heterocycles. The molecule has 100 valence electrons. The van der Waals surface area contributed by atoms with Gasteiger partial charge in [-0.3, -0.25) is 0 Å². The van der Waals surface area contributed by atoms with Crippen molar-refractivity contribution < 1.29 is 9.47 Å². The SMILES string of the molecule is NCc1nc(OCCOc2ccccc2)ccc1Cl. The number of aromatic nitrogens is 1. The third-order valence-corrected chi connectivity index (χ3v) is 2.78. The van der Waals surface area contributed by atoms with Crippen LogP contribution in [0.2, 0.25) is 5.02 Å². The molecule has 0 saturated heterocycles. The number of hydrogen-bond donors (Lipinski definition) is 1. The van der Waals surface area contributed by atoms with Gasteiger partial charge in [0.1, 0.15) is 19.0 Å². The average Bonchev–Trinajstić information content (AvgIpc) is 2.46. The van der Waals surface area contributed by atoms with Crippen molar-refractivity contribution in [2.75, 3.05) is 13.2 Å². The first kappa shape index (κ1) is 13.6. The molecule has 0 unspecified atom stereocenters. The van der Waals surface area contributed by atoms with Crippen molar-refractivity contribution in [3.63, 3.8) is 0 Å². The standard InChI is InChI=1S/C14H15ClN2O2/c15-12-6-7-14(17-13(12)10-16)19-9-8-18-11-4-2-1-3-5-11/h1-7H,8-10,16H2. The molecule has 0 aliphatic rings. The molecule has 1 aromatic carbocycles. The molecule has 5 heteroatoms. The molecule has 0 saturated carbocycles. The Kier molecular flexibility index (Phi) is 5.01. The number of ether oxygens (including phenoxy) is 2. The second-order valence-corrected chi connectivity index (χ2v) is 4.20. The summed E-state index contributed by atoms with van der Waals surface area (Å²) in [4.78, 5) is 4.20. The lowest BCUT2D eigenvalue weighted by molar-refractivity contribution is 0.211. The minimum Gasteiger partial charge on any atom is -0.490 e. The van der Waals surface area contributed by atoms with Crippen molar-refractivity contribution in [2.45, 2.75) is 6.54 Å². The zero-order chi connectivity index (χ0) is 13.5. The van der Waals surface area contributed by atoms with E-state index in [0.717, 1.165) is 5.75 Å². The average molecular weight is 279 g/mol. The van der Waals surface area contributed by atoms with Crippen molar-refractivity contribution in [3.8, 4) is 11.6 Å². The lowest BCUT2D eigenvalue weighted by Crippen LogP contribution is -2.10. The Morgan fingerprint density at radius 3 is 2.47 bits per heavy atom. The van der Waals surface area contributed by atoms with Gasteiger partial charge in [0.2, 0.25) is 5.88 Å². The van der Waals surface area contributed by atoms with Crippen LogP contribution in [0.5, 0.6) is 11.6 Å². The predicted molar refractivity (Wildman–Crippen MR) is 74.6 cm³/mol. The molecule has 2 N–H and O–H groups in total. The summed E-state index contributed by atoms with van der Waals surface area (Å²) in [5.41, 5.74) is 6.15. The molecule has 2 aromatic rings. The summed E-state index contributed by atoms with van der Waals surface area (Å²) < 4.78 is 11.0. The molecule has 4 nitrogen and oxygen atoms in total. The van der Waals surface area contributed by atoms with E-state index in [9.17, 15) is 0 Å². The zero-order valence-corrected chi connectivity index (χ0v) is 11.1. The van der Waals surface area contributed by atoms with Crippen LogP contribution >= 0.6 is 11.6 Å². The first-order valence-electron chi connectivity index (χ1n) is 5.95. The highest BCUT2D eigenvalue weighted by atomic mass is 35.5. The number of hydrogen-bond acceptors (Lipinski definition) is 4. The van der Waals surface area contributed by atoms with Gasteiger partial charge in [-0.25, -0.2) is 4.98 Å². The second kappa shape index (κ2) is 6.97. The summed E-state index contributed by atoms with van der Waals surface area (Å²) >= 11 is 5.91. The van der Waals surface area contributed by atoms with Crippen LogP contribution < -0.4 is 15.2 Å². The van der Waals surface area contributed by atoms with Crippen molar-refractivity contribution >= 4 is 11.6 Å². The summed E-state index contributed by atoms with van der Waals surface area (Å²) in [5.74, 6) is 1.32. The van der Waals surface area contributed by atoms with E-state index < -0.39 is 0 Å². The van der Waals surface area contributed by atoms with E-state index in [1.165, 1.54) is 0 Å². The van der Waals surface area contributed by atoms with Crippen molar-refractivity contribution in [2.24, 2.45) is 5.73 Å². The molecule has 0 radical (unpaired) electrons. The summed E-state index contributed by atoms with van der Waals surface area (Å²) in [6.07, 6.45) is 0. The normalized spacial score (nSPS) is 10.2. The summed E-state index contributed by atoms with van der Waals surface area (Å²) in [7, 11) is 0. The van der Waals surface area contributed by atoms with E-state index in [1.54, 1.807) is 12.1 Å². The molecule has 0 amide bonds. The Morgan fingerprint density at radius 2 is 1.74 bits per heavy atom. The van der Waals surface area contributed by atoms with E-state index in [4.69, 9.17) is 26.8 Å². The third-order valence-electron chi connectivity index (χ3n) is 2.43. The van der Waals surface area contributed by atoms with Crippen LogP contribution in [0.3, 0.4) is 0 Å². The van der Waals surface area contributed by atoms with Crippen LogP contribution in [0.1, 0.15) is 5.69 Å². The Labute approximate surface area is 117 Å². The largest absolute Gasteiger partial charge is 0.490 e. The molecule has 0 fully saturated rings. The van der Waals surface area contributed by atoms with Gasteiger partial charge in [-0.05, 0) is 18.2 Å². The van der Waals surface area contributed by atoms with Crippen molar-refractivity contribution in [1.29, 1.82) is 0 Å². The number of nitrogens with two attached hydrogens (primary N) is 1. The zero-order valence-electron chi connectivity index (χ0n) is 10.4.